The SMILES string of the molecule is O=C1CC(OC(=O)CNOCc2ccccc2)C(=O)N1. The Morgan fingerprint density at radius 2 is 2.05 bits per heavy atom. The summed E-state index contributed by atoms with van der Waals surface area (Å²) in [7, 11) is 0. The molecular weight excluding hydrogens is 264 g/mol. The van der Waals surface area contributed by atoms with Crippen LogP contribution < -0.4 is 10.8 Å². The molecule has 1 atom stereocenters. The zero-order valence-corrected chi connectivity index (χ0v) is 10.6. The van der Waals surface area contributed by atoms with Crippen molar-refractivity contribution < 1.29 is 24.0 Å². The molecule has 1 aliphatic rings. The zero-order chi connectivity index (χ0) is 14.4. The normalized spacial score (nSPS) is 17.9. The van der Waals surface area contributed by atoms with Gasteiger partial charge in [0.2, 0.25) is 5.91 Å². The van der Waals surface area contributed by atoms with Crippen LogP contribution in [0.25, 0.3) is 0 Å². The van der Waals surface area contributed by atoms with Gasteiger partial charge in [-0.05, 0) is 5.56 Å². The molecule has 1 saturated heterocycles. The second-order valence-corrected chi connectivity index (χ2v) is 4.19. The van der Waals surface area contributed by atoms with E-state index >= 15 is 0 Å². The van der Waals surface area contributed by atoms with E-state index in [0.717, 1.165) is 5.56 Å². The standard InChI is InChI=1S/C13H14N2O5/c16-11-6-10(13(18)15-11)20-12(17)7-14-19-8-9-4-2-1-3-5-9/h1-5,10,14H,6-8H2,(H,15,16,18). The van der Waals surface area contributed by atoms with Gasteiger partial charge in [-0.1, -0.05) is 30.3 Å². The highest BCUT2D eigenvalue weighted by Crippen LogP contribution is 2.06. The fourth-order valence-corrected chi connectivity index (χ4v) is 1.64. The molecule has 1 aliphatic heterocycles. The number of imide groups is 1. The number of carbonyl (C=O) groups is 3. The molecule has 0 bridgehead atoms. The number of rotatable bonds is 6. The summed E-state index contributed by atoms with van der Waals surface area (Å²) in [5.74, 6) is -1.69. The minimum atomic E-state index is -1.04. The number of benzene rings is 1. The van der Waals surface area contributed by atoms with Gasteiger partial charge in [0.25, 0.3) is 5.91 Å². The number of hydrogen-bond donors (Lipinski definition) is 2. The first-order valence-electron chi connectivity index (χ1n) is 6.07. The Kier molecular flexibility index (Phi) is 4.80. The smallest absolute Gasteiger partial charge is 0.323 e. The highest BCUT2D eigenvalue weighted by Gasteiger charge is 2.33. The lowest BCUT2D eigenvalue weighted by Crippen LogP contribution is -2.32. The molecule has 0 aromatic heterocycles. The molecule has 0 saturated carbocycles. The molecule has 0 aliphatic carbocycles. The van der Waals surface area contributed by atoms with Crippen LogP contribution in [0, 0.1) is 0 Å². The first-order valence-corrected chi connectivity index (χ1v) is 6.07. The number of esters is 1. The highest BCUT2D eigenvalue weighted by molar-refractivity contribution is 6.05. The molecule has 1 aromatic carbocycles. The minimum Gasteiger partial charge on any atom is -0.451 e. The Labute approximate surface area is 115 Å². The molecule has 1 fully saturated rings. The molecule has 2 amide bonds. The maximum Gasteiger partial charge on any atom is 0.323 e. The van der Waals surface area contributed by atoms with Crippen LogP contribution >= 0.6 is 0 Å². The van der Waals surface area contributed by atoms with Crippen molar-refractivity contribution in [2.24, 2.45) is 0 Å². The third kappa shape index (κ3) is 4.15. The molecular formula is C13H14N2O5. The topological polar surface area (TPSA) is 93.7 Å². The summed E-state index contributed by atoms with van der Waals surface area (Å²) in [4.78, 5) is 38.6. The van der Waals surface area contributed by atoms with Gasteiger partial charge in [0.15, 0.2) is 6.10 Å². The van der Waals surface area contributed by atoms with Gasteiger partial charge < -0.3 is 4.74 Å². The van der Waals surface area contributed by atoms with Crippen molar-refractivity contribution in [3.05, 3.63) is 35.9 Å². The van der Waals surface area contributed by atoms with Crippen LogP contribution in [0.3, 0.4) is 0 Å². The van der Waals surface area contributed by atoms with Gasteiger partial charge in [-0.15, -0.1) is 0 Å². The van der Waals surface area contributed by atoms with Gasteiger partial charge >= 0.3 is 5.97 Å². The molecule has 106 valence electrons. The van der Waals surface area contributed by atoms with E-state index < -0.39 is 23.9 Å². The lowest BCUT2D eigenvalue weighted by Gasteiger charge is -2.09. The number of amides is 2. The Morgan fingerprint density at radius 3 is 2.70 bits per heavy atom. The number of hydroxylamine groups is 1. The van der Waals surface area contributed by atoms with Crippen LogP contribution in [-0.2, 0) is 30.6 Å². The fraction of sp³-hybridized carbons (Fsp3) is 0.308. The van der Waals surface area contributed by atoms with Gasteiger partial charge in [0.05, 0.1) is 13.0 Å². The van der Waals surface area contributed by atoms with Crippen LogP contribution in [0.1, 0.15) is 12.0 Å². The molecule has 1 unspecified atom stereocenters. The van der Waals surface area contributed by atoms with Crippen LogP contribution in [0.5, 0.6) is 0 Å². The van der Waals surface area contributed by atoms with Gasteiger partial charge in [-0.25, -0.2) is 0 Å². The van der Waals surface area contributed by atoms with E-state index in [1.807, 2.05) is 30.3 Å². The third-order valence-electron chi connectivity index (χ3n) is 2.60. The van der Waals surface area contributed by atoms with Crippen LogP contribution in [0.2, 0.25) is 0 Å². The van der Waals surface area contributed by atoms with Gasteiger partial charge in [0.1, 0.15) is 6.54 Å². The number of hydrogen-bond acceptors (Lipinski definition) is 6. The summed E-state index contributed by atoms with van der Waals surface area (Å²) >= 11 is 0. The summed E-state index contributed by atoms with van der Waals surface area (Å²) in [6, 6.07) is 9.41. The molecule has 2 N–H and O–H groups in total. The maximum atomic E-state index is 11.4. The third-order valence-corrected chi connectivity index (χ3v) is 2.60. The van der Waals surface area contributed by atoms with E-state index in [1.54, 1.807) is 0 Å². The van der Waals surface area contributed by atoms with Crippen LogP contribution in [0.4, 0.5) is 0 Å². The van der Waals surface area contributed by atoms with Crippen molar-refractivity contribution in [3.8, 4) is 0 Å². The van der Waals surface area contributed by atoms with Crippen LogP contribution in [-0.4, -0.2) is 30.4 Å². The largest absolute Gasteiger partial charge is 0.451 e. The Morgan fingerprint density at radius 1 is 1.30 bits per heavy atom. The second-order valence-electron chi connectivity index (χ2n) is 4.19. The van der Waals surface area contributed by atoms with Gasteiger partial charge in [0, 0.05) is 0 Å². The van der Waals surface area contributed by atoms with Gasteiger partial charge in [-0.2, -0.15) is 5.48 Å². The summed E-state index contributed by atoms with van der Waals surface area (Å²) < 4.78 is 4.83. The van der Waals surface area contributed by atoms with E-state index in [1.165, 1.54) is 0 Å². The number of nitrogens with one attached hydrogen (secondary N) is 2. The summed E-state index contributed by atoms with van der Waals surface area (Å²) in [6.45, 7) is 0.0985. The minimum absolute atomic E-state index is 0.130. The molecule has 20 heavy (non-hydrogen) atoms. The number of ether oxygens (including phenoxy) is 1. The van der Waals surface area contributed by atoms with E-state index in [4.69, 9.17) is 9.57 Å². The van der Waals surface area contributed by atoms with Crippen molar-refractivity contribution in [3.63, 3.8) is 0 Å². The molecule has 0 spiro atoms. The van der Waals surface area contributed by atoms with E-state index in [-0.39, 0.29) is 13.0 Å². The van der Waals surface area contributed by atoms with Gasteiger partial charge in [-0.3, -0.25) is 24.5 Å². The van der Waals surface area contributed by atoms with Crippen molar-refractivity contribution in [1.82, 2.24) is 10.8 Å². The van der Waals surface area contributed by atoms with Crippen molar-refractivity contribution in [2.75, 3.05) is 6.54 Å². The lowest BCUT2D eigenvalue weighted by molar-refractivity contribution is -0.155. The van der Waals surface area contributed by atoms with Crippen molar-refractivity contribution in [1.29, 1.82) is 0 Å². The lowest BCUT2D eigenvalue weighted by atomic mass is 10.2. The Hall–Kier alpha value is -2.25. The van der Waals surface area contributed by atoms with E-state index in [0.29, 0.717) is 6.61 Å². The highest BCUT2D eigenvalue weighted by atomic mass is 16.6. The molecule has 7 heteroatoms. The summed E-state index contributed by atoms with van der Waals surface area (Å²) in [5.41, 5.74) is 3.40. The Bertz CT molecular complexity index is 503. The van der Waals surface area contributed by atoms with E-state index in [2.05, 4.69) is 10.8 Å². The average Bonchev–Trinajstić information content (AvgIpc) is 2.74. The fourth-order valence-electron chi connectivity index (χ4n) is 1.64. The molecule has 1 heterocycles. The molecule has 2 rings (SSSR count). The predicted molar refractivity (Wildman–Crippen MR) is 66.9 cm³/mol. The molecule has 1 aromatic rings. The van der Waals surface area contributed by atoms with Crippen molar-refractivity contribution in [2.45, 2.75) is 19.1 Å². The molecule has 7 nitrogen and oxygen atoms in total. The summed E-state index contributed by atoms with van der Waals surface area (Å²) in [5, 5.41) is 2.05. The second kappa shape index (κ2) is 6.78. The van der Waals surface area contributed by atoms with E-state index in [9.17, 15) is 14.4 Å². The Balaban J connectivity index is 1.63. The zero-order valence-electron chi connectivity index (χ0n) is 10.6. The number of carbonyl (C=O) groups excluding carboxylic acids is 3. The average molecular weight is 278 g/mol. The van der Waals surface area contributed by atoms with Crippen molar-refractivity contribution >= 4 is 17.8 Å². The summed E-state index contributed by atoms with van der Waals surface area (Å²) in [6.07, 6.45) is -1.17. The quantitative estimate of drug-likeness (QED) is 0.320. The molecule has 0 radical (unpaired) electrons. The van der Waals surface area contributed by atoms with Crippen LogP contribution in [0.15, 0.2) is 30.3 Å². The predicted octanol–water partition coefficient (Wildman–Crippen LogP) is -0.334. The first-order chi connectivity index (χ1) is 9.65. The monoisotopic (exact) mass is 278 g/mol. The first kappa shape index (κ1) is 14.2. The maximum absolute atomic E-state index is 11.4.